The first kappa shape index (κ1) is 12.3. The Hall–Kier alpha value is -2.17. The maximum Gasteiger partial charge on any atom is 0.311 e. The van der Waals surface area contributed by atoms with E-state index < -0.39 is 11.4 Å². The number of carbonyl (C=O) groups excluding carboxylic acids is 1. The predicted molar refractivity (Wildman–Crippen MR) is 65.6 cm³/mol. The van der Waals surface area contributed by atoms with Gasteiger partial charge >= 0.3 is 5.97 Å². The van der Waals surface area contributed by atoms with Gasteiger partial charge in [-0.05, 0) is 30.5 Å². The van der Waals surface area contributed by atoms with Crippen LogP contribution in [0.15, 0.2) is 30.6 Å². The van der Waals surface area contributed by atoms with Gasteiger partial charge in [0.25, 0.3) is 0 Å². The molecule has 1 fully saturated rings. The Bertz CT molecular complexity index is 478. The molecule has 1 aliphatic rings. The Morgan fingerprint density at radius 3 is 2.83 bits per heavy atom. The lowest BCUT2D eigenvalue weighted by Crippen LogP contribution is -2.33. The first-order valence-electron chi connectivity index (χ1n) is 5.72. The Morgan fingerprint density at radius 1 is 1.50 bits per heavy atom. The van der Waals surface area contributed by atoms with Gasteiger partial charge < -0.3 is 10.4 Å². The Labute approximate surface area is 105 Å². The van der Waals surface area contributed by atoms with E-state index in [9.17, 15) is 9.59 Å². The zero-order valence-electron chi connectivity index (χ0n) is 9.80. The fourth-order valence-electron chi connectivity index (χ4n) is 1.58. The molecule has 1 amide bonds. The molecule has 1 aliphatic carbocycles. The number of hydrogen-bond acceptors (Lipinski definition) is 3. The number of nitrogens with one attached hydrogen (secondary N) is 1. The van der Waals surface area contributed by atoms with Gasteiger partial charge in [-0.1, -0.05) is 6.07 Å². The first-order chi connectivity index (χ1) is 8.62. The molecule has 0 saturated heterocycles. The monoisotopic (exact) mass is 246 g/mol. The van der Waals surface area contributed by atoms with Gasteiger partial charge in [0.05, 0.1) is 5.41 Å². The Kier molecular flexibility index (Phi) is 3.41. The van der Waals surface area contributed by atoms with Crippen LogP contribution in [-0.4, -0.2) is 28.5 Å². The van der Waals surface area contributed by atoms with Crippen LogP contribution in [0.25, 0.3) is 6.08 Å². The third kappa shape index (κ3) is 2.94. The lowest BCUT2D eigenvalue weighted by molar-refractivity contribution is -0.143. The van der Waals surface area contributed by atoms with Gasteiger partial charge in [0.15, 0.2) is 0 Å². The van der Waals surface area contributed by atoms with Gasteiger partial charge in [-0.15, -0.1) is 0 Å². The van der Waals surface area contributed by atoms with E-state index in [1.165, 1.54) is 6.08 Å². The van der Waals surface area contributed by atoms with Gasteiger partial charge in [-0.25, -0.2) is 0 Å². The van der Waals surface area contributed by atoms with Crippen LogP contribution in [0.4, 0.5) is 0 Å². The molecule has 0 aliphatic heterocycles. The van der Waals surface area contributed by atoms with Gasteiger partial charge in [-0.2, -0.15) is 0 Å². The van der Waals surface area contributed by atoms with Crippen molar-refractivity contribution in [3.63, 3.8) is 0 Å². The van der Waals surface area contributed by atoms with Crippen molar-refractivity contribution in [1.29, 1.82) is 0 Å². The summed E-state index contributed by atoms with van der Waals surface area (Å²) in [4.78, 5) is 26.3. The average molecular weight is 246 g/mol. The van der Waals surface area contributed by atoms with Crippen LogP contribution in [0.3, 0.4) is 0 Å². The number of amides is 1. The van der Waals surface area contributed by atoms with E-state index in [-0.39, 0.29) is 12.5 Å². The summed E-state index contributed by atoms with van der Waals surface area (Å²) in [5, 5.41) is 11.6. The number of aliphatic carboxylic acids is 1. The van der Waals surface area contributed by atoms with Crippen LogP contribution in [0, 0.1) is 5.41 Å². The molecule has 18 heavy (non-hydrogen) atoms. The van der Waals surface area contributed by atoms with Crippen molar-refractivity contribution >= 4 is 18.0 Å². The van der Waals surface area contributed by atoms with Gasteiger partial charge in [0.1, 0.15) is 0 Å². The van der Waals surface area contributed by atoms with Gasteiger partial charge in [-0.3, -0.25) is 14.6 Å². The number of carboxylic acid groups (broad SMARTS) is 1. The molecule has 0 radical (unpaired) electrons. The fourth-order valence-corrected chi connectivity index (χ4v) is 1.58. The molecule has 1 aromatic rings. The fraction of sp³-hybridized carbons (Fsp3) is 0.308. The summed E-state index contributed by atoms with van der Waals surface area (Å²) in [7, 11) is 0. The smallest absolute Gasteiger partial charge is 0.311 e. The molecule has 5 heteroatoms. The second-order valence-electron chi connectivity index (χ2n) is 4.42. The van der Waals surface area contributed by atoms with Crippen LogP contribution in [0.2, 0.25) is 0 Å². The maximum atomic E-state index is 11.5. The summed E-state index contributed by atoms with van der Waals surface area (Å²) in [5.74, 6) is -1.12. The highest BCUT2D eigenvalue weighted by Gasteiger charge is 2.50. The summed E-state index contributed by atoms with van der Waals surface area (Å²) in [5.41, 5.74) is 0.102. The van der Waals surface area contributed by atoms with Crippen LogP contribution < -0.4 is 5.32 Å². The van der Waals surface area contributed by atoms with Crippen molar-refractivity contribution in [3.05, 3.63) is 36.2 Å². The van der Waals surface area contributed by atoms with Crippen molar-refractivity contribution in [2.45, 2.75) is 12.8 Å². The highest BCUT2D eigenvalue weighted by atomic mass is 16.4. The highest BCUT2D eigenvalue weighted by Crippen LogP contribution is 2.45. The van der Waals surface area contributed by atoms with E-state index in [2.05, 4.69) is 10.3 Å². The van der Waals surface area contributed by atoms with Crippen molar-refractivity contribution < 1.29 is 14.7 Å². The summed E-state index contributed by atoms with van der Waals surface area (Å²) in [6, 6.07) is 3.61. The molecule has 94 valence electrons. The molecular formula is C13H14N2O3. The van der Waals surface area contributed by atoms with Gasteiger partial charge in [0, 0.05) is 25.0 Å². The van der Waals surface area contributed by atoms with E-state index in [1.807, 2.05) is 6.07 Å². The van der Waals surface area contributed by atoms with E-state index >= 15 is 0 Å². The molecule has 0 unspecified atom stereocenters. The number of pyridine rings is 1. The van der Waals surface area contributed by atoms with Gasteiger partial charge in [0.2, 0.25) is 5.91 Å². The van der Waals surface area contributed by atoms with E-state index in [0.29, 0.717) is 12.8 Å². The molecule has 5 nitrogen and oxygen atoms in total. The highest BCUT2D eigenvalue weighted by molar-refractivity contribution is 5.92. The predicted octanol–water partition coefficient (Wildman–Crippen LogP) is 1.08. The van der Waals surface area contributed by atoms with Crippen molar-refractivity contribution in [3.8, 4) is 0 Å². The normalized spacial score (nSPS) is 16.4. The Morgan fingerprint density at radius 2 is 2.28 bits per heavy atom. The quantitative estimate of drug-likeness (QED) is 0.762. The lowest BCUT2D eigenvalue weighted by atomic mass is 10.1. The molecule has 0 aromatic carbocycles. The van der Waals surface area contributed by atoms with Crippen LogP contribution >= 0.6 is 0 Å². The summed E-state index contributed by atoms with van der Waals surface area (Å²) >= 11 is 0. The number of aromatic nitrogens is 1. The second-order valence-corrected chi connectivity index (χ2v) is 4.42. The Balaban J connectivity index is 1.83. The summed E-state index contributed by atoms with van der Waals surface area (Å²) in [6.45, 7) is 0.193. The van der Waals surface area contributed by atoms with E-state index in [0.717, 1.165) is 5.56 Å². The van der Waals surface area contributed by atoms with E-state index in [4.69, 9.17) is 5.11 Å². The minimum Gasteiger partial charge on any atom is -0.481 e. The molecule has 2 N–H and O–H groups in total. The maximum absolute atomic E-state index is 11.5. The molecule has 2 rings (SSSR count). The molecule has 1 heterocycles. The molecule has 0 atom stereocenters. The van der Waals surface area contributed by atoms with Crippen LogP contribution in [0.1, 0.15) is 18.4 Å². The first-order valence-corrected chi connectivity index (χ1v) is 5.72. The van der Waals surface area contributed by atoms with Crippen molar-refractivity contribution in [2.75, 3.05) is 6.54 Å². The molecule has 1 aromatic heterocycles. The minimum absolute atomic E-state index is 0.193. The largest absolute Gasteiger partial charge is 0.481 e. The third-order valence-corrected chi connectivity index (χ3v) is 3.02. The number of carbonyl (C=O) groups is 2. The molecule has 0 spiro atoms. The topological polar surface area (TPSA) is 79.3 Å². The molecular weight excluding hydrogens is 232 g/mol. The average Bonchev–Trinajstić information content (AvgIpc) is 3.16. The number of carboxylic acids is 1. The molecule has 0 bridgehead atoms. The minimum atomic E-state index is -0.834. The zero-order chi connectivity index (χ0) is 13.0. The number of nitrogens with zero attached hydrogens (tertiary/aromatic N) is 1. The standard InChI is InChI=1S/C13H14N2O3/c16-11(4-3-10-2-1-7-14-8-10)15-9-13(5-6-13)12(17)18/h1-4,7-8H,5-6,9H2,(H,15,16)(H,17,18)/b4-3+. The van der Waals surface area contributed by atoms with Crippen molar-refractivity contribution in [1.82, 2.24) is 10.3 Å². The van der Waals surface area contributed by atoms with Crippen LogP contribution in [-0.2, 0) is 9.59 Å². The van der Waals surface area contributed by atoms with Crippen molar-refractivity contribution in [2.24, 2.45) is 5.41 Å². The summed E-state index contributed by atoms with van der Waals surface area (Å²) < 4.78 is 0. The number of hydrogen-bond donors (Lipinski definition) is 2. The SMILES string of the molecule is O=C(/C=C/c1cccnc1)NCC1(C(=O)O)CC1. The lowest BCUT2D eigenvalue weighted by Gasteiger charge is -2.09. The number of rotatable bonds is 5. The van der Waals surface area contributed by atoms with E-state index in [1.54, 1.807) is 24.5 Å². The van der Waals surface area contributed by atoms with Crippen LogP contribution in [0.5, 0.6) is 0 Å². The third-order valence-electron chi connectivity index (χ3n) is 3.02. The zero-order valence-corrected chi connectivity index (χ0v) is 9.80. The molecule has 1 saturated carbocycles. The summed E-state index contributed by atoms with van der Waals surface area (Å²) in [6.07, 6.45) is 7.59. The second kappa shape index (κ2) is 5.00.